The van der Waals surface area contributed by atoms with Crippen molar-refractivity contribution in [1.82, 2.24) is 5.32 Å². The van der Waals surface area contributed by atoms with E-state index in [1.807, 2.05) is 20.8 Å². The number of halogens is 2. The van der Waals surface area contributed by atoms with Crippen molar-refractivity contribution in [3.63, 3.8) is 0 Å². The van der Waals surface area contributed by atoms with E-state index in [1.165, 1.54) is 6.07 Å². The molecule has 2 nitrogen and oxygen atoms in total. The minimum Gasteiger partial charge on any atom is -0.379 e. The molecule has 0 amide bonds. The van der Waals surface area contributed by atoms with Crippen LogP contribution in [-0.4, -0.2) is 20.3 Å². The molecule has 0 aromatic heterocycles. The van der Waals surface area contributed by atoms with Gasteiger partial charge in [-0.15, -0.1) is 0 Å². The first-order chi connectivity index (χ1) is 8.31. The molecular formula is C14H21F2NO. The molecule has 0 saturated carbocycles. The van der Waals surface area contributed by atoms with Crippen molar-refractivity contribution in [1.29, 1.82) is 0 Å². The van der Waals surface area contributed by atoms with E-state index in [1.54, 1.807) is 14.2 Å². The minimum atomic E-state index is -0.449. The van der Waals surface area contributed by atoms with Gasteiger partial charge in [0, 0.05) is 12.7 Å². The molecule has 1 aromatic carbocycles. The number of methoxy groups -OCH3 is 1. The first-order valence-corrected chi connectivity index (χ1v) is 5.96. The van der Waals surface area contributed by atoms with Gasteiger partial charge in [0.05, 0.1) is 12.1 Å². The van der Waals surface area contributed by atoms with Crippen LogP contribution in [0, 0.1) is 17.0 Å². The summed E-state index contributed by atoms with van der Waals surface area (Å²) in [5.41, 5.74) is 0.0977. The first kappa shape index (κ1) is 15.1. The van der Waals surface area contributed by atoms with E-state index in [-0.39, 0.29) is 11.5 Å². The molecule has 0 aliphatic heterocycles. The highest BCUT2D eigenvalue weighted by Crippen LogP contribution is 2.33. The second-order valence-electron chi connectivity index (χ2n) is 5.45. The molecule has 1 rings (SSSR count). The van der Waals surface area contributed by atoms with E-state index in [2.05, 4.69) is 5.32 Å². The van der Waals surface area contributed by atoms with Crippen molar-refractivity contribution in [3.05, 3.63) is 35.4 Å². The zero-order valence-corrected chi connectivity index (χ0v) is 11.6. The molecule has 1 N–H and O–H groups in total. The Hall–Kier alpha value is -1.00. The molecule has 1 aromatic rings. The molecule has 2 atom stereocenters. The van der Waals surface area contributed by atoms with Gasteiger partial charge in [-0.1, -0.05) is 20.8 Å². The van der Waals surface area contributed by atoms with Gasteiger partial charge in [-0.3, -0.25) is 0 Å². The fraction of sp³-hybridized carbons (Fsp3) is 0.571. The Kier molecular flexibility index (Phi) is 4.82. The van der Waals surface area contributed by atoms with E-state index in [0.29, 0.717) is 5.56 Å². The SMILES string of the molecule is CNC(c1cc(F)ccc1F)C(OC)C(C)(C)C. The lowest BCUT2D eigenvalue weighted by molar-refractivity contribution is -0.0110. The highest BCUT2D eigenvalue weighted by molar-refractivity contribution is 5.24. The van der Waals surface area contributed by atoms with Crippen molar-refractivity contribution in [2.75, 3.05) is 14.2 Å². The lowest BCUT2D eigenvalue weighted by Gasteiger charge is -2.36. The van der Waals surface area contributed by atoms with Gasteiger partial charge < -0.3 is 10.1 Å². The van der Waals surface area contributed by atoms with Crippen molar-refractivity contribution >= 4 is 0 Å². The Morgan fingerprint density at radius 3 is 2.28 bits per heavy atom. The highest BCUT2D eigenvalue weighted by Gasteiger charge is 2.34. The average molecular weight is 257 g/mol. The van der Waals surface area contributed by atoms with Gasteiger partial charge in [-0.05, 0) is 30.7 Å². The number of rotatable bonds is 4. The van der Waals surface area contributed by atoms with E-state index >= 15 is 0 Å². The summed E-state index contributed by atoms with van der Waals surface area (Å²) in [6.45, 7) is 6.01. The zero-order valence-electron chi connectivity index (χ0n) is 11.6. The average Bonchev–Trinajstić information content (AvgIpc) is 2.27. The summed E-state index contributed by atoms with van der Waals surface area (Å²) < 4.78 is 32.6. The predicted octanol–water partition coefficient (Wildman–Crippen LogP) is 3.29. The molecule has 2 unspecified atom stereocenters. The van der Waals surface area contributed by atoms with E-state index in [4.69, 9.17) is 4.74 Å². The summed E-state index contributed by atoms with van der Waals surface area (Å²) in [5.74, 6) is -0.877. The van der Waals surface area contributed by atoms with Gasteiger partial charge in [0.25, 0.3) is 0 Å². The van der Waals surface area contributed by atoms with Crippen LogP contribution < -0.4 is 5.32 Å². The maximum absolute atomic E-state index is 13.8. The van der Waals surface area contributed by atoms with E-state index in [9.17, 15) is 8.78 Å². The third-order valence-electron chi connectivity index (χ3n) is 3.01. The molecule has 18 heavy (non-hydrogen) atoms. The van der Waals surface area contributed by atoms with Gasteiger partial charge >= 0.3 is 0 Å². The normalized spacial score (nSPS) is 15.5. The second kappa shape index (κ2) is 5.76. The van der Waals surface area contributed by atoms with Crippen LogP contribution in [0.25, 0.3) is 0 Å². The summed E-state index contributed by atoms with van der Waals surface area (Å²) in [6, 6.07) is 3.08. The molecule has 0 heterocycles. The topological polar surface area (TPSA) is 21.3 Å². The molecule has 0 radical (unpaired) electrons. The maximum Gasteiger partial charge on any atom is 0.128 e. The van der Waals surface area contributed by atoms with Crippen LogP contribution in [-0.2, 0) is 4.74 Å². The molecular weight excluding hydrogens is 236 g/mol. The third-order valence-corrected chi connectivity index (χ3v) is 3.01. The number of hydrogen-bond acceptors (Lipinski definition) is 2. The molecule has 4 heteroatoms. The second-order valence-corrected chi connectivity index (χ2v) is 5.45. The molecule has 0 bridgehead atoms. The van der Waals surface area contributed by atoms with Crippen LogP contribution >= 0.6 is 0 Å². The number of nitrogens with one attached hydrogen (secondary N) is 1. The lowest BCUT2D eigenvalue weighted by Crippen LogP contribution is -2.40. The fourth-order valence-corrected chi connectivity index (χ4v) is 2.21. The van der Waals surface area contributed by atoms with Crippen molar-refractivity contribution in [3.8, 4) is 0 Å². The molecule has 0 aliphatic rings. The summed E-state index contributed by atoms with van der Waals surface area (Å²) in [4.78, 5) is 0. The number of benzene rings is 1. The van der Waals surface area contributed by atoms with Gasteiger partial charge in [0.1, 0.15) is 11.6 Å². The van der Waals surface area contributed by atoms with Gasteiger partial charge in [-0.2, -0.15) is 0 Å². The third kappa shape index (κ3) is 3.27. The standard InChI is InChI=1S/C14H21F2NO/c1-14(2,3)13(18-5)12(17-4)10-8-9(15)6-7-11(10)16/h6-8,12-13,17H,1-5H3. The Morgan fingerprint density at radius 2 is 1.83 bits per heavy atom. The number of likely N-dealkylation sites (N-methyl/N-ethyl adjacent to an activating group) is 1. The smallest absolute Gasteiger partial charge is 0.128 e. The fourth-order valence-electron chi connectivity index (χ4n) is 2.21. The number of hydrogen-bond donors (Lipinski definition) is 1. The van der Waals surface area contributed by atoms with Crippen LogP contribution in [0.5, 0.6) is 0 Å². The van der Waals surface area contributed by atoms with Crippen molar-refractivity contribution < 1.29 is 13.5 Å². The van der Waals surface area contributed by atoms with Crippen LogP contribution in [0.2, 0.25) is 0 Å². The zero-order chi connectivity index (χ0) is 13.9. The van der Waals surface area contributed by atoms with Crippen molar-refractivity contribution in [2.24, 2.45) is 5.41 Å². The summed E-state index contributed by atoms with van der Waals surface area (Å²) >= 11 is 0. The Balaban J connectivity index is 3.19. The summed E-state index contributed by atoms with van der Waals surface area (Å²) in [5, 5.41) is 3.01. The molecule has 0 saturated heterocycles. The summed E-state index contributed by atoms with van der Waals surface area (Å²) in [7, 11) is 3.30. The largest absolute Gasteiger partial charge is 0.379 e. The van der Waals surface area contributed by atoms with Gasteiger partial charge in [0.15, 0.2) is 0 Å². The lowest BCUT2D eigenvalue weighted by atomic mass is 9.82. The molecule has 0 aliphatic carbocycles. The van der Waals surface area contributed by atoms with Crippen molar-refractivity contribution in [2.45, 2.75) is 32.9 Å². The Labute approximate surface area is 107 Å². The van der Waals surface area contributed by atoms with Gasteiger partial charge in [0.2, 0.25) is 0 Å². The van der Waals surface area contributed by atoms with Crippen LogP contribution in [0.3, 0.4) is 0 Å². The quantitative estimate of drug-likeness (QED) is 0.893. The highest BCUT2D eigenvalue weighted by atomic mass is 19.1. The minimum absolute atomic E-state index is 0.193. The van der Waals surface area contributed by atoms with E-state index in [0.717, 1.165) is 12.1 Å². The predicted molar refractivity (Wildman–Crippen MR) is 68.4 cm³/mol. The first-order valence-electron chi connectivity index (χ1n) is 5.96. The molecule has 102 valence electrons. The monoisotopic (exact) mass is 257 g/mol. The Morgan fingerprint density at radius 1 is 1.22 bits per heavy atom. The Bertz CT molecular complexity index is 401. The van der Waals surface area contributed by atoms with E-state index < -0.39 is 17.7 Å². The number of ether oxygens (including phenoxy) is 1. The summed E-state index contributed by atoms with van der Waals surface area (Å²) in [6.07, 6.45) is -0.265. The maximum atomic E-state index is 13.8. The van der Waals surface area contributed by atoms with Crippen LogP contribution in [0.4, 0.5) is 8.78 Å². The molecule has 0 fully saturated rings. The molecule has 0 spiro atoms. The van der Waals surface area contributed by atoms with Crippen LogP contribution in [0.1, 0.15) is 32.4 Å². The van der Waals surface area contributed by atoms with Gasteiger partial charge in [-0.25, -0.2) is 8.78 Å². The van der Waals surface area contributed by atoms with Crippen LogP contribution in [0.15, 0.2) is 18.2 Å².